The number of hydrogen-bond acceptors (Lipinski definition) is 1. The molecule has 0 atom stereocenters. The van der Waals surface area contributed by atoms with Crippen LogP contribution in [-0.4, -0.2) is 23.1 Å². The van der Waals surface area contributed by atoms with Gasteiger partial charge in [-0.05, 0) is 17.7 Å². The third-order valence-electron chi connectivity index (χ3n) is 2.12. The molecule has 0 heterocycles. The van der Waals surface area contributed by atoms with E-state index < -0.39 is 17.5 Å². The second-order valence-corrected chi connectivity index (χ2v) is 3.41. The van der Waals surface area contributed by atoms with E-state index in [4.69, 9.17) is 4.74 Å². The van der Waals surface area contributed by atoms with Crippen molar-refractivity contribution in [1.82, 2.24) is 0 Å². The normalized spacial score (nSPS) is 9.21. The van der Waals surface area contributed by atoms with E-state index in [2.05, 4.69) is 6.07 Å². The molecule has 1 nitrogen and oxygen atoms in total. The average Bonchev–Trinajstić information content (AvgIpc) is 2.31. The van der Waals surface area contributed by atoms with Crippen molar-refractivity contribution >= 4 is 23.1 Å². The summed E-state index contributed by atoms with van der Waals surface area (Å²) < 4.78 is 43.5. The Morgan fingerprint density at radius 2 is 1.74 bits per heavy atom. The van der Waals surface area contributed by atoms with E-state index in [0.717, 1.165) is 12.1 Å². The van der Waals surface area contributed by atoms with Gasteiger partial charge in [-0.15, -0.1) is 12.1 Å². The number of halogens is 4. The van der Waals surface area contributed by atoms with Crippen LogP contribution in [0.5, 0.6) is 5.75 Å². The summed E-state index contributed by atoms with van der Waals surface area (Å²) in [7, 11) is 0. The monoisotopic (exact) mass is 340 g/mol. The first-order valence-corrected chi connectivity index (χ1v) is 4.89. The summed E-state index contributed by atoms with van der Waals surface area (Å²) in [5.41, 5.74) is 0.460. The molecule has 0 saturated carbocycles. The van der Waals surface area contributed by atoms with Crippen LogP contribution in [0.1, 0.15) is 5.56 Å². The first-order valence-electron chi connectivity index (χ1n) is 4.89. The van der Waals surface area contributed by atoms with Crippen molar-refractivity contribution in [2.24, 2.45) is 0 Å². The van der Waals surface area contributed by atoms with E-state index in [0.29, 0.717) is 5.56 Å². The minimum Gasteiger partial charge on any atom is -1.00 e. The Labute approximate surface area is 135 Å². The molecule has 0 radical (unpaired) electrons. The minimum atomic E-state index is -0.936. The second-order valence-electron chi connectivity index (χ2n) is 3.41. The van der Waals surface area contributed by atoms with Crippen LogP contribution in [0.3, 0.4) is 0 Å². The molecule has 0 amide bonds. The van der Waals surface area contributed by atoms with Crippen molar-refractivity contribution in [3.8, 4) is 5.75 Å². The quantitative estimate of drug-likeness (QED) is 0.569. The van der Waals surface area contributed by atoms with Crippen molar-refractivity contribution in [1.29, 1.82) is 0 Å². The van der Waals surface area contributed by atoms with Gasteiger partial charge in [-0.25, -0.2) is 13.2 Å². The Kier molecular flexibility index (Phi) is 8.13. The molecule has 2 rings (SSSR count). The van der Waals surface area contributed by atoms with Gasteiger partial charge in [0.15, 0.2) is 11.6 Å². The van der Waals surface area contributed by atoms with E-state index in [1.54, 1.807) is 0 Å². The molecule has 96 valence electrons. The number of benzene rings is 2. The van der Waals surface area contributed by atoms with E-state index in [9.17, 15) is 13.2 Å². The predicted molar refractivity (Wildman–Crippen MR) is 61.7 cm³/mol. The van der Waals surface area contributed by atoms with Crippen LogP contribution in [0.4, 0.5) is 13.2 Å². The molecule has 0 bridgehead atoms. The molecular weight excluding hydrogens is 333 g/mol. The maximum Gasteiger partial charge on any atom is 2.00 e. The fourth-order valence-corrected chi connectivity index (χ4v) is 1.29. The van der Waals surface area contributed by atoms with Gasteiger partial charge in [0.1, 0.15) is 6.61 Å². The van der Waals surface area contributed by atoms with Crippen LogP contribution in [0.2, 0.25) is 0 Å². The van der Waals surface area contributed by atoms with E-state index in [1.807, 2.05) is 0 Å². The molecule has 0 fully saturated rings. The molecule has 2 aromatic rings. The molecule has 0 spiro atoms. The molecule has 0 aliphatic heterocycles. The number of rotatable bonds is 3. The van der Waals surface area contributed by atoms with Crippen LogP contribution < -0.4 is 21.7 Å². The van der Waals surface area contributed by atoms with Gasteiger partial charge in [-0.2, -0.15) is 6.07 Å². The van der Waals surface area contributed by atoms with Crippen molar-refractivity contribution in [2.75, 3.05) is 0 Å². The van der Waals surface area contributed by atoms with Crippen molar-refractivity contribution in [2.45, 2.75) is 6.61 Å². The maximum atomic E-state index is 12.9. The second kappa shape index (κ2) is 8.45. The number of ether oxygens (including phenoxy) is 1. The predicted octanol–water partition coefficient (Wildman–Crippen LogP) is 0.106. The van der Waals surface area contributed by atoms with Crippen LogP contribution in [-0.2, 0) is 6.61 Å². The Balaban J connectivity index is 0.00000162. The smallest absolute Gasteiger partial charge is 1.00 e. The fourth-order valence-electron chi connectivity index (χ4n) is 1.29. The molecule has 19 heavy (non-hydrogen) atoms. The zero-order valence-corrected chi connectivity index (χ0v) is 12.8. The third kappa shape index (κ3) is 5.42. The van der Waals surface area contributed by atoms with Crippen LogP contribution in [0, 0.1) is 23.5 Å². The van der Waals surface area contributed by atoms with Gasteiger partial charge < -0.3 is 21.7 Å². The van der Waals surface area contributed by atoms with Gasteiger partial charge in [-0.3, -0.25) is 0 Å². The zero-order chi connectivity index (χ0) is 12.3. The Morgan fingerprint density at radius 1 is 1.00 bits per heavy atom. The molecule has 0 aromatic heterocycles. The summed E-state index contributed by atoms with van der Waals surface area (Å²) in [6, 6.07) is 9.92. The molecule has 6 heteroatoms. The summed E-state index contributed by atoms with van der Waals surface area (Å²) in [5.74, 6) is -2.07. The summed E-state index contributed by atoms with van der Waals surface area (Å²) >= 11 is 0. The molecular formula is C13H8BrF3MgO. The standard InChI is InChI=1S/C13H8F3O.BrH.Mg/c14-10-2-1-3-11(7-10)17-8-9-4-5-12(15)13(16)6-9;;/h1-2,4-7H,8H2;1H;/q-1;;+2/p-1. The van der Waals surface area contributed by atoms with Crippen molar-refractivity contribution < 1.29 is 34.9 Å². The van der Waals surface area contributed by atoms with Gasteiger partial charge >= 0.3 is 23.1 Å². The van der Waals surface area contributed by atoms with Crippen molar-refractivity contribution in [3.05, 3.63) is 65.5 Å². The fraction of sp³-hybridized carbons (Fsp3) is 0.0769. The molecule has 0 aliphatic carbocycles. The van der Waals surface area contributed by atoms with Crippen LogP contribution >= 0.6 is 0 Å². The van der Waals surface area contributed by atoms with Gasteiger partial charge in [0.25, 0.3) is 0 Å². The third-order valence-corrected chi connectivity index (χ3v) is 2.12. The summed E-state index contributed by atoms with van der Waals surface area (Å²) in [4.78, 5) is 0. The van der Waals surface area contributed by atoms with Gasteiger partial charge in [-0.1, -0.05) is 12.1 Å². The first kappa shape index (κ1) is 18.3. The minimum absolute atomic E-state index is 0. The van der Waals surface area contributed by atoms with Gasteiger partial charge in [0, 0.05) is 11.6 Å². The summed E-state index contributed by atoms with van der Waals surface area (Å²) in [5, 5.41) is 0. The van der Waals surface area contributed by atoms with Crippen molar-refractivity contribution in [3.63, 3.8) is 0 Å². The molecule has 0 N–H and O–H groups in total. The number of hydrogen-bond donors (Lipinski definition) is 0. The van der Waals surface area contributed by atoms with Gasteiger partial charge in [0.2, 0.25) is 0 Å². The molecule has 0 aliphatic rings. The topological polar surface area (TPSA) is 9.23 Å². The van der Waals surface area contributed by atoms with E-state index >= 15 is 0 Å². The van der Waals surface area contributed by atoms with Gasteiger partial charge in [0.05, 0.1) is 0 Å². The van der Waals surface area contributed by atoms with Crippen LogP contribution in [0.25, 0.3) is 0 Å². The Morgan fingerprint density at radius 3 is 2.37 bits per heavy atom. The maximum absolute atomic E-state index is 12.9. The SMILES string of the molecule is Fc1cc[c-]c(OCc2ccc(F)c(F)c2)c1.[Br-].[Mg+2]. The van der Waals surface area contributed by atoms with E-state index in [-0.39, 0.29) is 52.4 Å². The molecule has 0 unspecified atom stereocenters. The Bertz CT molecular complexity index is 537. The molecule has 0 saturated heterocycles. The zero-order valence-electron chi connectivity index (χ0n) is 9.80. The first-order chi connectivity index (χ1) is 8.15. The van der Waals surface area contributed by atoms with E-state index in [1.165, 1.54) is 24.3 Å². The largest absolute Gasteiger partial charge is 2.00 e. The summed E-state index contributed by atoms with van der Waals surface area (Å²) in [6.45, 7) is 0.0250. The average molecular weight is 341 g/mol. The summed E-state index contributed by atoms with van der Waals surface area (Å²) in [6.07, 6.45) is 0. The molecule has 2 aromatic carbocycles. The Hall–Kier alpha value is -0.724. The van der Waals surface area contributed by atoms with Crippen LogP contribution in [0.15, 0.2) is 36.4 Å².